The van der Waals surface area contributed by atoms with E-state index in [0.29, 0.717) is 0 Å². The maximum absolute atomic E-state index is 16.2. The summed E-state index contributed by atoms with van der Waals surface area (Å²) in [6, 6.07) is -7.71. The number of carbonyl (C=O) groups is 11. The van der Waals surface area contributed by atoms with Gasteiger partial charge in [0.2, 0.25) is 64.8 Å². The number of hydrogen-bond donors (Lipinski definition) is 5. The topological polar surface area (TPSA) is 297 Å². The number of hydrogen-bond acceptors (Lipinski definition) is 14. The van der Waals surface area contributed by atoms with E-state index in [1.165, 1.54) is 99.0 Å². The molecule has 1 aromatic rings. The molecule has 0 aliphatic carbocycles. The minimum atomic E-state index is -5.03. The van der Waals surface area contributed by atoms with Crippen molar-refractivity contribution in [3.63, 3.8) is 0 Å². The van der Waals surface area contributed by atoms with Gasteiger partial charge in [0.1, 0.15) is 60.1 Å². The average molecular weight is 1390 g/mol. The monoisotopic (exact) mass is 1390 g/mol. The smallest absolute Gasteiger partial charge is 0.406 e. The lowest BCUT2D eigenvalue weighted by Gasteiger charge is -2.48. The molecule has 0 bridgehead atoms. The summed E-state index contributed by atoms with van der Waals surface area (Å²) < 4.78 is 50.8. The maximum Gasteiger partial charge on any atom is 0.573 e. The third kappa shape index (κ3) is 23.7. The molecular weight excluding hydrogens is 1280 g/mol. The van der Waals surface area contributed by atoms with Gasteiger partial charge in [0.25, 0.3) is 5.91 Å². The number of ether oxygens (including phenoxy) is 2. The van der Waals surface area contributed by atoms with Gasteiger partial charge in [-0.3, -0.25) is 52.7 Å². The number of allylic oxidation sites excluding steroid dienone is 2. The molecule has 1 fully saturated rings. The molecule has 0 saturated carbocycles. The van der Waals surface area contributed by atoms with Crippen LogP contribution >= 0.6 is 0 Å². The number of likely N-dealkylation sites (N-methyl/N-ethyl adjacent to an activating group) is 7. The van der Waals surface area contributed by atoms with Gasteiger partial charge >= 0.3 is 6.36 Å². The van der Waals surface area contributed by atoms with E-state index >= 15 is 19.2 Å². The Bertz CT molecular complexity index is 2910. The summed E-state index contributed by atoms with van der Waals surface area (Å²) in [6.45, 7) is 27.5. The van der Waals surface area contributed by atoms with Gasteiger partial charge < -0.3 is 70.1 Å². The highest BCUT2D eigenvalue weighted by Crippen LogP contribution is 2.35. The second kappa shape index (κ2) is 38.3. The summed E-state index contributed by atoms with van der Waals surface area (Å²) in [4.78, 5) is 172. The van der Waals surface area contributed by atoms with Crippen LogP contribution in [-0.4, -0.2) is 233 Å². The van der Waals surface area contributed by atoms with Gasteiger partial charge in [-0.15, -0.1) is 13.2 Å². The fraction of sp³-hybridized carbons (Fsp3) is 0.729. The predicted molar refractivity (Wildman–Crippen MR) is 365 cm³/mol. The second-order valence-electron chi connectivity index (χ2n) is 28.7. The first-order valence-electron chi connectivity index (χ1n) is 34.1. The van der Waals surface area contributed by atoms with E-state index < -0.39 is 174 Å². The third-order valence-corrected chi connectivity index (χ3v) is 17.9. The molecule has 28 heteroatoms. The van der Waals surface area contributed by atoms with E-state index in [1.54, 1.807) is 60.6 Å². The molecule has 11 amide bonds. The third-order valence-electron chi connectivity index (χ3n) is 17.9. The van der Waals surface area contributed by atoms with Crippen molar-refractivity contribution in [1.82, 2.24) is 55.6 Å². The number of carbonyl (C=O) groups excluding carboxylic acids is 11. The molecule has 1 aromatic carbocycles. The van der Waals surface area contributed by atoms with Crippen LogP contribution in [0.2, 0.25) is 0 Å². The number of benzene rings is 1. The summed E-state index contributed by atoms with van der Waals surface area (Å²) in [5, 5.41) is 23.3. The van der Waals surface area contributed by atoms with Gasteiger partial charge in [-0.1, -0.05) is 121 Å². The van der Waals surface area contributed by atoms with Crippen LogP contribution in [0.3, 0.4) is 0 Å². The Morgan fingerprint density at radius 1 is 0.571 bits per heavy atom. The van der Waals surface area contributed by atoms with Crippen molar-refractivity contribution in [1.29, 1.82) is 0 Å². The largest absolute Gasteiger partial charge is 0.573 e. The number of alkyl halides is 3. The predicted octanol–water partition coefficient (Wildman–Crippen LogP) is 5.71. The van der Waals surface area contributed by atoms with Crippen molar-refractivity contribution >= 4 is 65.0 Å². The van der Waals surface area contributed by atoms with Crippen LogP contribution in [0.4, 0.5) is 13.2 Å². The van der Waals surface area contributed by atoms with Crippen LogP contribution in [0, 0.1) is 41.4 Å². The fourth-order valence-electron chi connectivity index (χ4n) is 11.9. The van der Waals surface area contributed by atoms with Crippen molar-refractivity contribution in [2.45, 2.75) is 235 Å². The number of aliphatic hydroxyl groups excluding tert-OH is 1. The van der Waals surface area contributed by atoms with Gasteiger partial charge in [-0.05, 0) is 112 Å². The zero-order valence-corrected chi connectivity index (χ0v) is 62.5. The van der Waals surface area contributed by atoms with Gasteiger partial charge in [-0.25, -0.2) is 0 Å². The fourth-order valence-corrected chi connectivity index (χ4v) is 11.9. The van der Waals surface area contributed by atoms with E-state index in [1.807, 2.05) is 41.5 Å². The van der Waals surface area contributed by atoms with E-state index in [2.05, 4.69) is 26.0 Å². The minimum Gasteiger partial charge on any atom is -0.406 e. The van der Waals surface area contributed by atoms with Crippen LogP contribution in [0.1, 0.15) is 162 Å². The van der Waals surface area contributed by atoms with E-state index in [0.717, 1.165) is 36.6 Å². The highest BCUT2D eigenvalue weighted by atomic mass is 19.4. The summed E-state index contributed by atoms with van der Waals surface area (Å²) >= 11 is 0. The summed E-state index contributed by atoms with van der Waals surface area (Å²) in [5.74, 6) is -12.8. The molecule has 0 radical (unpaired) electrons. The molecular formula is C70H116F3N11O14. The molecule has 556 valence electrons. The van der Waals surface area contributed by atoms with Crippen LogP contribution in [0.25, 0.3) is 0 Å². The van der Waals surface area contributed by atoms with E-state index in [-0.39, 0.29) is 67.8 Å². The van der Waals surface area contributed by atoms with Crippen molar-refractivity contribution in [2.75, 3.05) is 55.9 Å². The molecule has 1 saturated heterocycles. The van der Waals surface area contributed by atoms with Crippen LogP contribution < -0.4 is 26.0 Å². The molecule has 0 spiro atoms. The molecule has 1 heterocycles. The normalized spacial score (nSPS) is 25.8. The van der Waals surface area contributed by atoms with Crippen molar-refractivity contribution in [3.05, 3.63) is 42.0 Å². The Labute approximate surface area is 579 Å². The lowest BCUT2D eigenvalue weighted by atomic mass is 9.89. The molecule has 25 nitrogen and oxygen atoms in total. The van der Waals surface area contributed by atoms with Crippen LogP contribution in [0.5, 0.6) is 5.75 Å². The molecule has 1 aliphatic heterocycles. The number of nitrogens with one attached hydrogen (secondary N) is 4. The van der Waals surface area contributed by atoms with Crippen molar-refractivity contribution in [2.24, 2.45) is 41.4 Å². The highest BCUT2D eigenvalue weighted by molar-refractivity contribution is 6.00. The zero-order chi connectivity index (χ0) is 75.5. The first kappa shape index (κ1) is 86.7. The number of amides is 11. The quantitative estimate of drug-likeness (QED) is 0.104. The number of aliphatic hydroxyl groups is 1. The molecule has 12 atom stereocenters. The Morgan fingerprint density at radius 2 is 1.03 bits per heavy atom. The lowest BCUT2D eigenvalue weighted by Crippen LogP contribution is -2.70. The van der Waals surface area contributed by atoms with Gasteiger partial charge in [0.05, 0.1) is 19.3 Å². The Hall–Kier alpha value is -7.36. The second-order valence-corrected chi connectivity index (χ2v) is 28.7. The summed E-state index contributed by atoms with van der Waals surface area (Å²) in [5.41, 5.74) is -2.33. The molecule has 0 aromatic heterocycles. The molecule has 0 unspecified atom stereocenters. The molecule has 5 N–H and O–H groups in total. The highest BCUT2D eigenvalue weighted by Gasteiger charge is 2.55. The van der Waals surface area contributed by atoms with Gasteiger partial charge in [0, 0.05) is 55.3 Å². The SMILES string of the molecule is C/C=C/C[C@@H](C)[C@@H](O)[C@H]1C(=O)N[C@@H](CC)C(=O)N(C)CC(=O)N(C)[C@@H](CC(C)C)C(=O)N[C@@H](C(C)C)C(=O)N(C)[C@@H](CC(C)C)C(=O)N[C@@H](C)C(=O)N[C@H](C)C(=O)N(C)[C@@H](CC(C)C)C(=O)N(C)[C@@H](CC(C)C)C(=O)N(C)[C@](OCc2ccc(OC(F)(F)F)cc2)(C(C)C)C(=O)N1C. The summed E-state index contributed by atoms with van der Waals surface area (Å²) in [6.07, 6.45) is -2.99. The average Bonchev–Trinajstić information content (AvgIpc) is 0.755. The van der Waals surface area contributed by atoms with Gasteiger partial charge in [-0.2, -0.15) is 0 Å². The van der Waals surface area contributed by atoms with Crippen LogP contribution in [0.15, 0.2) is 36.4 Å². The number of halogens is 3. The molecule has 98 heavy (non-hydrogen) atoms. The molecule has 2 rings (SSSR count). The Balaban J connectivity index is 3.20. The Morgan fingerprint density at radius 3 is 1.50 bits per heavy atom. The zero-order valence-electron chi connectivity index (χ0n) is 62.5. The van der Waals surface area contributed by atoms with Gasteiger partial charge in [0.15, 0.2) is 0 Å². The minimum absolute atomic E-state index is 0.0453. The summed E-state index contributed by atoms with van der Waals surface area (Å²) in [7, 11) is 9.30. The van der Waals surface area contributed by atoms with Crippen molar-refractivity contribution < 1.29 is 80.5 Å². The van der Waals surface area contributed by atoms with Crippen LogP contribution in [-0.2, 0) is 64.1 Å². The lowest BCUT2D eigenvalue weighted by molar-refractivity contribution is -0.274. The molecule has 1 aliphatic rings. The number of nitrogens with zero attached hydrogens (tertiary/aromatic N) is 7. The first-order chi connectivity index (χ1) is 45.2. The maximum atomic E-state index is 16.2. The van der Waals surface area contributed by atoms with E-state index in [4.69, 9.17) is 4.74 Å². The standard InChI is InChI=1S/C70H116F3N11O14/c1-25-27-28-45(15)58(86)57-62(90)76-50(26-2)64(92)78(18)37-55(85)79(19)51(33-39(3)4)61(89)77-56(43(11)12)67(95)80(20)52(34-40(5)6)60(88)74-46(16)59(87)75-47(17)63(91)81(21)53(35-41(7)8)65(93)82(22)54(36-42(9)10)66(94)84(24)69(44(13)14,68(96)83(57)23)97-38-48-29-31-49(32-30-48)98-70(71,72)73/h25,27,29-32,39-47,50-54,56-58,86H,26,28,33-38H2,1-24H3,(H,74,88)(H,75,87)(H,76,90)(H,77,89)/b27-25+/t45-,46+,47-,50+,51+,52+,53+,54+,56+,57+,58-,69+/m1/s1. The van der Waals surface area contributed by atoms with E-state index in [9.17, 15) is 51.8 Å². The Kier molecular flexibility index (Phi) is 33.9. The van der Waals surface area contributed by atoms with Crippen molar-refractivity contribution in [3.8, 4) is 5.75 Å². The number of rotatable bonds is 19. The first-order valence-corrected chi connectivity index (χ1v) is 34.1.